The lowest BCUT2D eigenvalue weighted by molar-refractivity contribution is -0.0821. The summed E-state index contributed by atoms with van der Waals surface area (Å²) < 4.78 is 56.3. The standard InChI is InChI=1S/C23H30F4O/c1-2-28-21-13-11-19(12-14-21)17-5-3-16(4-6-17)18-7-9-20(10-8-18)22(24)15-23(25,26)27/h11-18,20H,2-10H2,1H3/b22-15-. The maximum Gasteiger partial charge on any atom is 0.412 e. The number of rotatable bonds is 5. The number of allylic oxidation sites excluding steroid dienone is 2. The Labute approximate surface area is 165 Å². The average molecular weight is 398 g/mol. The number of benzene rings is 1. The number of halogens is 4. The molecule has 0 heterocycles. The van der Waals surface area contributed by atoms with E-state index >= 15 is 0 Å². The highest BCUT2D eigenvalue weighted by Gasteiger charge is 2.34. The molecule has 5 heteroatoms. The lowest BCUT2D eigenvalue weighted by atomic mass is 9.68. The molecular weight excluding hydrogens is 368 g/mol. The van der Waals surface area contributed by atoms with E-state index in [1.54, 1.807) is 0 Å². The fourth-order valence-electron chi connectivity index (χ4n) is 5.07. The van der Waals surface area contributed by atoms with Crippen LogP contribution in [0.15, 0.2) is 36.2 Å². The van der Waals surface area contributed by atoms with Gasteiger partial charge in [-0.2, -0.15) is 13.2 Å². The van der Waals surface area contributed by atoms with Gasteiger partial charge in [-0.25, -0.2) is 4.39 Å². The molecule has 0 unspecified atom stereocenters. The van der Waals surface area contributed by atoms with Crippen molar-refractivity contribution in [3.05, 3.63) is 41.7 Å². The van der Waals surface area contributed by atoms with Gasteiger partial charge in [0.05, 0.1) is 12.7 Å². The van der Waals surface area contributed by atoms with Crippen LogP contribution in [0.1, 0.15) is 69.8 Å². The molecular formula is C23H30F4O. The van der Waals surface area contributed by atoms with Crippen molar-refractivity contribution in [1.29, 1.82) is 0 Å². The van der Waals surface area contributed by atoms with E-state index in [-0.39, 0.29) is 6.08 Å². The van der Waals surface area contributed by atoms with Crippen LogP contribution in [0.25, 0.3) is 0 Å². The molecule has 2 saturated carbocycles. The Hall–Kier alpha value is -1.52. The van der Waals surface area contributed by atoms with Gasteiger partial charge in [0, 0.05) is 5.92 Å². The molecule has 1 aromatic carbocycles. The molecule has 0 bridgehead atoms. The molecule has 0 amide bonds. The van der Waals surface area contributed by atoms with Gasteiger partial charge in [-0.1, -0.05) is 12.1 Å². The predicted octanol–water partition coefficient (Wildman–Crippen LogP) is 7.58. The van der Waals surface area contributed by atoms with Gasteiger partial charge in [-0.05, 0) is 93.7 Å². The molecule has 0 radical (unpaired) electrons. The van der Waals surface area contributed by atoms with Crippen LogP contribution < -0.4 is 4.74 Å². The van der Waals surface area contributed by atoms with Crippen LogP contribution >= 0.6 is 0 Å². The van der Waals surface area contributed by atoms with Crippen LogP contribution in [0.3, 0.4) is 0 Å². The van der Waals surface area contributed by atoms with E-state index < -0.39 is 17.9 Å². The summed E-state index contributed by atoms with van der Waals surface area (Å²) in [6, 6.07) is 8.40. The summed E-state index contributed by atoms with van der Waals surface area (Å²) in [6.07, 6.45) is 2.71. The van der Waals surface area contributed by atoms with Crippen molar-refractivity contribution in [3.63, 3.8) is 0 Å². The second-order valence-electron chi connectivity index (χ2n) is 8.30. The maximum atomic E-state index is 13.8. The Morgan fingerprint density at radius 3 is 1.96 bits per heavy atom. The summed E-state index contributed by atoms with van der Waals surface area (Å²) in [4.78, 5) is 0. The molecule has 0 spiro atoms. The third kappa shape index (κ3) is 5.74. The summed E-state index contributed by atoms with van der Waals surface area (Å²) in [5.41, 5.74) is 1.37. The van der Waals surface area contributed by atoms with Gasteiger partial charge < -0.3 is 4.74 Å². The van der Waals surface area contributed by atoms with Crippen molar-refractivity contribution < 1.29 is 22.3 Å². The number of hydrogen-bond donors (Lipinski definition) is 0. The first-order chi connectivity index (χ1) is 13.4. The average Bonchev–Trinajstić information content (AvgIpc) is 2.68. The van der Waals surface area contributed by atoms with Crippen LogP contribution in [0.5, 0.6) is 5.75 Å². The van der Waals surface area contributed by atoms with E-state index in [1.807, 2.05) is 19.1 Å². The first-order valence-electron chi connectivity index (χ1n) is 10.5. The highest BCUT2D eigenvalue weighted by Crippen LogP contribution is 2.45. The molecule has 0 aromatic heterocycles. The number of ether oxygens (including phenoxy) is 1. The summed E-state index contributed by atoms with van der Waals surface area (Å²) >= 11 is 0. The molecule has 0 atom stereocenters. The van der Waals surface area contributed by atoms with Crippen LogP contribution in [-0.2, 0) is 0 Å². The summed E-state index contributed by atoms with van der Waals surface area (Å²) in [6.45, 7) is 2.65. The Balaban J connectivity index is 1.46. The largest absolute Gasteiger partial charge is 0.494 e. The number of hydrogen-bond acceptors (Lipinski definition) is 1. The minimum atomic E-state index is -4.56. The van der Waals surface area contributed by atoms with Crippen molar-refractivity contribution in [3.8, 4) is 5.75 Å². The first-order valence-corrected chi connectivity index (χ1v) is 10.5. The molecule has 0 saturated heterocycles. The minimum Gasteiger partial charge on any atom is -0.494 e. The van der Waals surface area contributed by atoms with E-state index in [0.717, 1.165) is 44.3 Å². The van der Waals surface area contributed by atoms with E-state index in [9.17, 15) is 17.6 Å². The van der Waals surface area contributed by atoms with Gasteiger partial charge in [-0.3, -0.25) is 0 Å². The van der Waals surface area contributed by atoms with Crippen molar-refractivity contribution in [2.45, 2.75) is 70.4 Å². The fourth-order valence-corrected chi connectivity index (χ4v) is 5.07. The maximum absolute atomic E-state index is 13.8. The smallest absolute Gasteiger partial charge is 0.412 e. The third-order valence-corrected chi connectivity index (χ3v) is 6.56. The molecule has 1 nitrogen and oxygen atoms in total. The Bertz CT molecular complexity index is 634. The quantitative estimate of drug-likeness (QED) is 0.465. The van der Waals surface area contributed by atoms with Gasteiger partial charge in [0.2, 0.25) is 0 Å². The molecule has 2 aliphatic carbocycles. The monoisotopic (exact) mass is 398 g/mol. The van der Waals surface area contributed by atoms with Crippen LogP contribution in [-0.4, -0.2) is 12.8 Å². The Morgan fingerprint density at radius 1 is 0.929 bits per heavy atom. The lowest BCUT2D eigenvalue weighted by Crippen LogP contribution is -2.25. The number of alkyl halides is 3. The molecule has 3 rings (SSSR count). The van der Waals surface area contributed by atoms with Crippen molar-refractivity contribution in [2.24, 2.45) is 17.8 Å². The Morgan fingerprint density at radius 2 is 1.46 bits per heavy atom. The van der Waals surface area contributed by atoms with Crippen molar-refractivity contribution >= 4 is 0 Å². The fraction of sp³-hybridized carbons (Fsp3) is 0.652. The van der Waals surface area contributed by atoms with Crippen molar-refractivity contribution in [2.75, 3.05) is 6.61 Å². The van der Waals surface area contributed by atoms with Gasteiger partial charge in [0.25, 0.3) is 0 Å². The zero-order valence-corrected chi connectivity index (χ0v) is 16.5. The third-order valence-electron chi connectivity index (χ3n) is 6.56. The van der Waals surface area contributed by atoms with Gasteiger partial charge >= 0.3 is 6.18 Å². The van der Waals surface area contributed by atoms with Gasteiger partial charge in [-0.15, -0.1) is 0 Å². The molecule has 28 heavy (non-hydrogen) atoms. The SMILES string of the molecule is CCOc1ccc(C2CCC(C3CCC(/C(F)=C/C(F)(F)F)CC3)CC2)cc1. The topological polar surface area (TPSA) is 9.23 Å². The lowest BCUT2D eigenvalue weighted by Gasteiger charge is -2.37. The predicted molar refractivity (Wildman–Crippen MR) is 103 cm³/mol. The van der Waals surface area contributed by atoms with E-state index in [1.165, 1.54) is 5.56 Å². The normalized spacial score (nSPS) is 29.5. The zero-order chi connectivity index (χ0) is 20.1. The summed E-state index contributed by atoms with van der Waals surface area (Å²) in [7, 11) is 0. The minimum absolute atomic E-state index is 0.153. The molecule has 2 fully saturated rings. The second-order valence-corrected chi connectivity index (χ2v) is 8.30. The molecule has 0 N–H and O–H groups in total. The van der Waals surface area contributed by atoms with Gasteiger partial charge in [0.15, 0.2) is 0 Å². The van der Waals surface area contributed by atoms with Crippen LogP contribution in [0.2, 0.25) is 0 Å². The highest BCUT2D eigenvalue weighted by atomic mass is 19.4. The van der Waals surface area contributed by atoms with E-state index in [2.05, 4.69) is 12.1 Å². The van der Waals surface area contributed by atoms with Crippen LogP contribution in [0, 0.1) is 17.8 Å². The van der Waals surface area contributed by atoms with Crippen LogP contribution in [0.4, 0.5) is 17.6 Å². The summed E-state index contributed by atoms with van der Waals surface area (Å²) in [5, 5.41) is 0. The Kier molecular flexibility index (Phi) is 7.05. The van der Waals surface area contributed by atoms with E-state index in [4.69, 9.17) is 4.74 Å². The molecule has 1 aromatic rings. The van der Waals surface area contributed by atoms with E-state index in [0.29, 0.717) is 37.2 Å². The molecule has 156 valence electrons. The summed E-state index contributed by atoms with van der Waals surface area (Å²) in [5.74, 6) is 1.13. The first kappa shape index (κ1) is 21.2. The zero-order valence-electron chi connectivity index (χ0n) is 16.5. The van der Waals surface area contributed by atoms with Gasteiger partial charge in [0.1, 0.15) is 11.6 Å². The van der Waals surface area contributed by atoms with Crippen molar-refractivity contribution in [1.82, 2.24) is 0 Å². The molecule has 0 aliphatic heterocycles. The highest BCUT2D eigenvalue weighted by molar-refractivity contribution is 5.29. The molecule has 2 aliphatic rings. The second kappa shape index (κ2) is 9.32.